The summed E-state index contributed by atoms with van der Waals surface area (Å²) in [6.07, 6.45) is -25.4. The van der Waals surface area contributed by atoms with Gasteiger partial charge < -0.3 is 156 Å². The van der Waals surface area contributed by atoms with Crippen LogP contribution in [0.5, 0.6) is 0 Å². The number of carbonyl (C=O) groups excluding carboxylic acids is 2. The number of ether oxygens (including phenoxy) is 7. The molecule has 0 radical (unpaired) electrons. The van der Waals surface area contributed by atoms with E-state index in [0.29, 0.717) is 0 Å². The summed E-state index contributed by atoms with van der Waals surface area (Å²) in [4.78, 5) is 27.1. The van der Waals surface area contributed by atoms with Crippen molar-refractivity contribution in [2.24, 2.45) is 17.8 Å². The van der Waals surface area contributed by atoms with Crippen molar-refractivity contribution >= 4 is 11.9 Å². The van der Waals surface area contributed by atoms with E-state index in [9.17, 15) is 122 Å². The molecule has 5 rings (SSSR count). The largest absolute Gasteiger partial charge is 0.462 e. The van der Waals surface area contributed by atoms with E-state index in [1.807, 2.05) is 0 Å². The molecule has 0 aromatic rings. The van der Waals surface area contributed by atoms with E-state index >= 15 is 0 Å². The molecule has 4 saturated heterocycles. The Balaban J connectivity index is 1.46. The Bertz CT molecular complexity index is 2600. The van der Waals surface area contributed by atoms with Gasteiger partial charge in [-0.1, -0.05) is 98.9 Å². The third-order valence-electron chi connectivity index (χ3n) is 18.2. The average molecular weight is 1410 g/mol. The summed E-state index contributed by atoms with van der Waals surface area (Å²) in [7, 11) is 0. The third-order valence-corrected chi connectivity index (χ3v) is 18.2. The van der Waals surface area contributed by atoms with Crippen molar-refractivity contribution in [3.8, 4) is 0 Å². The first-order valence-electron chi connectivity index (χ1n) is 32.9. The highest BCUT2D eigenvalue weighted by molar-refractivity contribution is 5.80. The van der Waals surface area contributed by atoms with E-state index in [-0.39, 0.29) is 25.2 Å². The summed E-state index contributed by atoms with van der Waals surface area (Å²) in [5.74, 6) is -9.89. The topological polar surface area (TPSA) is 568 Å². The molecule has 98 heavy (non-hydrogen) atoms. The number of aliphatic hydroxyl groups excluding tert-OH is 20. The molecule has 0 saturated carbocycles. The van der Waals surface area contributed by atoms with Crippen LogP contribution in [0.15, 0.2) is 85.1 Å². The maximum atomic E-state index is 14.3. The summed E-state index contributed by atoms with van der Waals surface area (Å²) in [6.45, 7) is 2.12. The highest BCUT2D eigenvalue weighted by Crippen LogP contribution is 2.39. The van der Waals surface area contributed by atoms with Crippen molar-refractivity contribution in [2.75, 3.05) is 32.9 Å². The Kier molecular flexibility index (Phi) is 34.6. The minimum absolute atomic E-state index is 0.215. The zero-order valence-corrected chi connectivity index (χ0v) is 55.1. The van der Waals surface area contributed by atoms with Crippen LogP contribution in [0.2, 0.25) is 0 Å². The number of aliphatic hydroxyl groups is 22. The van der Waals surface area contributed by atoms with Crippen LogP contribution in [0.3, 0.4) is 0 Å². The lowest BCUT2D eigenvalue weighted by Crippen LogP contribution is -2.70. The molecule has 0 aromatic heterocycles. The standard InChI is InChI=1S/C65H106N2O31/c1-32-17-15-13-11-9-7-5-6-8-10-12-14-16-18-39(95-62-56(85)50(52(81)35(4)94-62)67-31-65(91)60(88)59(45(78)30-92-65)97-63-58(87)57(86)55(84)47(29-69)96-63)24-46-49(61(89)66-27-43(76)53(82)54(83)44(77)28-68)42(75)26-64(90,98-46)25-38(72)22-41(74)40(73)20-19-36(70)21-37(71)23-48(79)93-34(3)33(2)51(32)80/h5-18,32-47,49-60,62-63,67-78,80-88,90-91H,19-31H2,1-4H3,(H,66,89)/b6-5+,9-7+,10-8+,13-11+,14-12+,17-15+,18-16+/t32-,33?,34-,35+,36+,37+,38-,39-,40+,41+,42-,43?,44?,45+,46?,47+,49?,50-,51+,52+,53?,54?,55+,56-,57-,58+,59+,60-,62?,63?,64+,65+/m0/s1. The van der Waals surface area contributed by atoms with E-state index < -0.39 is 265 Å². The van der Waals surface area contributed by atoms with Gasteiger partial charge >= 0.3 is 5.97 Å². The first kappa shape index (κ1) is 84.6. The van der Waals surface area contributed by atoms with Crippen molar-refractivity contribution in [2.45, 2.75) is 256 Å². The summed E-state index contributed by atoms with van der Waals surface area (Å²) >= 11 is 0. The number of rotatable bonds is 15. The zero-order valence-electron chi connectivity index (χ0n) is 55.1. The molecular weight excluding hydrogens is 1300 g/mol. The van der Waals surface area contributed by atoms with Gasteiger partial charge in [0, 0.05) is 44.1 Å². The number of hydrogen-bond donors (Lipinski definition) is 24. The zero-order chi connectivity index (χ0) is 72.9. The molecule has 562 valence electrons. The second kappa shape index (κ2) is 40.1. The molecule has 4 fully saturated rings. The summed E-state index contributed by atoms with van der Waals surface area (Å²) in [5, 5.41) is 244. The number of amides is 1. The van der Waals surface area contributed by atoms with E-state index in [1.165, 1.54) is 25.2 Å². The number of cyclic esters (lactones) is 1. The van der Waals surface area contributed by atoms with Gasteiger partial charge in [-0.05, 0) is 33.1 Å². The fourth-order valence-corrected chi connectivity index (χ4v) is 12.0. The molecule has 0 spiro atoms. The quantitative estimate of drug-likeness (QED) is 0.0677. The van der Waals surface area contributed by atoms with Crippen LogP contribution in [0, 0.1) is 17.8 Å². The number of esters is 1. The Labute approximate surface area is 567 Å². The molecule has 33 heteroatoms. The monoisotopic (exact) mass is 1410 g/mol. The second-order valence-electron chi connectivity index (χ2n) is 26.1. The Morgan fingerprint density at radius 2 is 1.19 bits per heavy atom. The van der Waals surface area contributed by atoms with Gasteiger partial charge in [-0.15, -0.1) is 0 Å². The van der Waals surface area contributed by atoms with Crippen LogP contribution in [-0.2, 0) is 42.7 Å². The molecule has 32 atom stereocenters. The van der Waals surface area contributed by atoms with Gasteiger partial charge in [0.25, 0.3) is 0 Å². The first-order chi connectivity index (χ1) is 46.1. The lowest BCUT2D eigenvalue weighted by atomic mass is 9.82. The SMILES string of the molecule is CC1[C@H](C)OC(=O)C[C@H](O)C[C@H](O)CC[C@@H](O)[C@H](O)C[C@H](O)C[C@]2(O)C[C@H](O)C(C(=O)NCC(O)C(O)C(O)C(O)CO)C(C[C@@H](OC3O[C@H](C)[C@@H](O)[C@H](NC[C@@]4(O)OC[C@@H](O)[C@@H](OC5O[C@H](CO)[C@@H](O)[C@H](O)[C@H]5O)[C@@H]4O)[C@@H]3O)/C=C/C=C/C=C/C=C/C=C/C=C/C=C/[C@H](C)[C@H]1O)O2. The molecule has 0 aromatic carbocycles. The molecular formula is C65H106N2O31. The number of hydrogen-bond acceptors (Lipinski definition) is 32. The van der Waals surface area contributed by atoms with Gasteiger partial charge in [0.2, 0.25) is 11.7 Å². The normalized spacial score (nSPS) is 45.0. The maximum Gasteiger partial charge on any atom is 0.308 e. The van der Waals surface area contributed by atoms with Gasteiger partial charge in [-0.3, -0.25) is 9.59 Å². The van der Waals surface area contributed by atoms with Crippen molar-refractivity contribution in [1.82, 2.24) is 10.6 Å². The second-order valence-corrected chi connectivity index (χ2v) is 26.1. The summed E-state index contributed by atoms with van der Waals surface area (Å²) in [5.41, 5.74) is 0. The average Bonchev–Trinajstić information content (AvgIpc) is 0.791. The third kappa shape index (κ3) is 24.6. The van der Waals surface area contributed by atoms with Gasteiger partial charge in [0.15, 0.2) is 18.4 Å². The van der Waals surface area contributed by atoms with E-state index in [4.69, 9.17) is 33.2 Å². The fourth-order valence-electron chi connectivity index (χ4n) is 12.0. The lowest BCUT2D eigenvalue weighted by Gasteiger charge is -2.48. The van der Waals surface area contributed by atoms with Crippen LogP contribution in [0.1, 0.15) is 79.1 Å². The minimum Gasteiger partial charge on any atom is -0.462 e. The molecule has 9 unspecified atom stereocenters. The molecule has 2 bridgehead atoms. The van der Waals surface area contributed by atoms with Crippen LogP contribution in [-0.4, -0.2) is 334 Å². The molecule has 24 N–H and O–H groups in total. The molecule has 33 nitrogen and oxygen atoms in total. The van der Waals surface area contributed by atoms with Crippen LogP contribution in [0.25, 0.3) is 0 Å². The van der Waals surface area contributed by atoms with E-state index in [0.717, 1.165) is 0 Å². The molecule has 5 aliphatic heterocycles. The van der Waals surface area contributed by atoms with Crippen molar-refractivity contribution in [3.63, 3.8) is 0 Å². The molecule has 5 heterocycles. The molecule has 5 aliphatic rings. The number of fused-ring (bicyclic) bond motifs is 2. The van der Waals surface area contributed by atoms with Crippen molar-refractivity contribution < 1.29 is 155 Å². The molecule has 0 aliphatic carbocycles. The van der Waals surface area contributed by atoms with Gasteiger partial charge in [0.05, 0.1) is 118 Å². The van der Waals surface area contributed by atoms with Crippen molar-refractivity contribution in [1.29, 1.82) is 0 Å². The Hall–Kier alpha value is -4.04. The Morgan fingerprint density at radius 3 is 1.81 bits per heavy atom. The first-order valence-corrected chi connectivity index (χ1v) is 32.9. The van der Waals surface area contributed by atoms with E-state index in [1.54, 1.807) is 87.6 Å². The highest BCUT2D eigenvalue weighted by Gasteiger charge is 2.55. The number of allylic oxidation sites excluding steroid dienone is 12. The predicted molar refractivity (Wildman–Crippen MR) is 339 cm³/mol. The molecule has 1 amide bonds. The highest BCUT2D eigenvalue weighted by atomic mass is 16.7. The lowest BCUT2D eigenvalue weighted by molar-refractivity contribution is -0.368. The predicted octanol–water partition coefficient (Wildman–Crippen LogP) is -7.56. The van der Waals surface area contributed by atoms with Gasteiger partial charge in [-0.2, -0.15) is 0 Å². The van der Waals surface area contributed by atoms with Crippen LogP contribution in [0.4, 0.5) is 0 Å². The van der Waals surface area contributed by atoms with Gasteiger partial charge in [0.1, 0.15) is 73.2 Å². The van der Waals surface area contributed by atoms with Crippen molar-refractivity contribution in [3.05, 3.63) is 85.1 Å². The van der Waals surface area contributed by atoms with Crippen LogP contribution < -0.4 is 10.6 Å². The fraction of sp³-hybridized carbons (Fsp3) is 0.754. The number of nitrogens with one attached hydrogen (secondary N) is 2. The summed E-state index contributed by atoms with van der Waals surface area (Å²) in [6, 6.07) is -1.56. The smallest absolute Gasteiger partial charge is 0.308 e. The summed E-state index contributed by atoms with van der Waals surface area (Å²) < 4.78 is 40.4. The number of carbonyl (C=O) groups is 2. The van der Waals surface area contributed by atoms with E-state index in [2.05, 4.69) is 10.6 Å². The van der Waals surface area contributed by atoms with Crippen LogP contribution >= 0.6 is 0 Å². The maximum absolute atomic E-state index is 14.3. The Morgan fingerprint density at radius 1 is 0.602 bits per heavy atom. The van der Waals surface area contributed by atoms with Gasteiger partial charge in [-0.25, -0.2) is 0 Å². The minimum atomic E-state index is -2.74.